The molecule has 3 rings (SSSR count). The third-order valence-electron chi connectivity index (χ3n) is 3.04. The number of benzene rings is 1. The van der Waals surface area contributed by atoms with E-state index in [1.165, 1.54) is 11.3 Å². The van der Waals surface area contributed by atoms with E-state index in [4.69, 9.17) is 0 Å². The summed E-state index contributed by atoms with van der Waals surface area (Å²) in [4.78, 5) is 17.6. The number of carbonyl (C=O) groups excluding carboxylic acids is 1. The SMILES string of the molecule is O=C1CSC(N2CCSC/C2=C\c2ccc(Br)cc2)=N1. The number of hydrogen-bond acceptors (Lipinski definition) is 4. The van der Waals surface area contributed by atoms with Gasteiger partial charge in [-0.1, -0.05) is 39.8 Å². The average Bonchev–Trinajstić information content (AvgIpc) is 2.88. The Balaban J connectivity index is 1.87. The smallest absolute Gasteiger partial charge is 0.258 e. The van der Waals surface area contributed by atoms with Crippen LogP contribution in [0, 0.1) is 0 Å². The highest BCUT2D eigenvalue weighted by molar-refractivity contribution is 9.10. The van der Waals surface area contributed by atoms with Gasteiger partial charge in [0.05, 0.1) is 5.75 Å². The van der Waals surface area contributed by atoms with Crippen LogP contribution in [0.4, 0.5) is 0 Å². The highest BCUT2D eigenvalue weighted by Crippen LogP contribution is 2.28. The van der Waals surface area contributed by atoms with Gasteiger partial charge in [0.1, 0.15) is 0 Å². The van der Waals surface area contributed by atoms with Gasteiger partial charge < -0.3 is 4.90 Å². The van der Waals surface area contributed by atoms with Crippen molar-refractivity contribution in [1.29, 1.82) is 0 Å². The van der Waals surface area contributed by atoms with E-state index in [9.17, 15) is 4.79 Å². The van der Waals surface area contributed by atoms with Crippen LogP contribution < -0.4 is 0 Å². The van der Waals surface area contributed by atoms with E-state index in [0.717, 1.165) is 27.7 Å². The van der Waals surface area contributed by atoms with Gasteiger partial charge in [0.2, 0.25) is 0 Å². The van der Waals surface area contributed by atoms with Gasteiger partial charge in [-0.3, -0.25) is 4.79 Å². The predicted molar refractivity (Wildman–Crippen MR) is 91.1 cm³/mol. The third-order valence-corrected chi connectivity index (χ3v) is 5.50. The number of rotatable bonds is 1. The Hall–Kier alpha value is -0.720. The van der Waals surface area contributed by atoms with Crippen LogP contribution in [-0.2, 0) is 4.79 Å². The van der Waals surface area contributed by atoms with E-state index < -0.39 is 0 Å². The third kappa shape index (κ3) is 3.30. The van der Waals surface area contributed by atoms with Crippen molar-refractivity contribution in [3.8, 4) is 0 Å². The van der Waals surface area contributed by atoms with Gasteiger partial charge in [-0.05, 0) is 23.8 Å². The lowest BCUT2D eigenvalue weighted by Gasteiger charge is -2.30. The number of carbonyl (C=O) groups is 1. The minimum absolute atomic E-state index is 0.0220. The van der Waals surface area contributed by atoms with Gasteiger partial charge in [-0.15, -0.1) is 0 Å². The summed E-state index contributed by atoms with van der Waals surface area (Å²) in [5.41, 5.74) is 2.40. The first-order valence-electron chi connectivity index (χ1n) is 6.28. The molecule has 2 heterocycles. The second-order valence-electron chi connectivity index (χ2n) is 4.47. The summed E-state index contributed by atoms with van der Waals surface area (Å²) >= 11 is 6.91. The van der Waals surface area contributed by atoms with Crippen molar-refractivity contribution in [3.63, 3.8) is 0 Å². The number of amidine groups is 1. The van der Waals surface area contributed by atoms with Crippen LogP contribution in [-0.4, -0.2) is 39.8 Å². The zero-order valence-electron chi connectivity index (χ0n) is 10.7. The standard InChI is InChI=1S/C14H13BrN2OS2/c15-11-3-1-10(2-4-11)7-12-8-19-6-5-17(12)14-16-13(18)9-20-14/h1-4,7H,5-6,8-9H2/b12-7+. The molecule has 1 fully saturated rings. The zero-order chi connectivity index (χ0) is 13.9. The largest absolute Gasteiger partial charge is 0.323 e. The van der Waals surface area contributed by atoms with Gasteiger partial charge in [-0.25, -0.2) is 0 Å². The quantitative estimate of drug-likeness (QED) is 0.759. The van der Waals surface area contributed by atoms with Gasteiger partial charge in [0.15, 0.2) is 5.17 Å². The number of hydrogen-bond donors (Lipinski definition) is 0. The average molecular weight is 369 g/mol. The van der Waals surface area contributed by atoms with Crippen LogP contribution in [0.25, 0.3) is 6.08 Å². The van der Waals surface area contributed by atoms with Crippen LogP contribution >= 0.6 is 39.5 Å². The fraction of sp³-hybridized carbons (Fsp3) is 0.286. The van der Waals surface area contributed by atoms with Crippen molar-refractivity contribution in [1.82, 2.24) is 4.90 Å². The first-order valence-corrected chi connectivity index (χ1v) is 9.21. The molecule has 6 heteroatoms. The summed E-state index contributed by atoms with van der Waals surface area (Å²) in [6.07, 6.45) is 2.18. The lowest BCUT2D eigenvalue weighted by molar-refractivity contribution is -0.115. The molecule has 0 unspecified atom stereocenters. The number of amides is 1. The Morgan fingerprint density at radius 3 is 2.75 bits per heavy atom. The minimum Gasteiger partial charge on any atom is -0.323 e. The van der Waals surface area contributed by atoms with Crippen molar-refractivity contribution in [2.75, 3.05) is 23.8 Å². The molecule has 1 aromatic carbocycles. The lowest BCUT2D eigenvalue weighted by Crippen LogP contribution is -2.34. The Bertz CT molecular complexity index is 583. The first-order chi connectivity index (χ1) is 9.72. The van der Waals surface area contributed by atoms with E-state index in [2.05, 4.69) is 44.0 Å². The molecule has 1 aromatic rings. The van der Waals surface area contributed by atoms with Gasteiger partial charge in [0.25, 0.3) is 5.91 Å². The molecule has 0 atom stereocenters. The summed E-state index contributed by atoms with van der Waals surface area (Å²) in [7, 11) is 0. The van der Waals surface area contributed by atoms with Crippen molar-refractivity contribution in [3.05, 3.63) is 40.0 Å². The highest BCUT2D eigenvalue weighted by Gasteiger charge is 2.25. The molecule has 1 amide bonds. The lowest BCUT2D eigenvalue weighted by atomic mass is 10.2. The van der Waals surface area contributed by atoms with Gasteiger partial charge in [0, 0.05) is 28.2 Å². The fourth-order valence-corrected chi connectivity index (χ4v) is 4.10. The van der Waals surface area contributed by atoms with Crippen LogP contribution in [0.1, 0.15) is 5.56 Å². The number of thioether (sulfide) groups is 2. The van der Waals surface area contributed by atoms with Crippen molar-refractivity contribution in [2.24, 2.45) is 4.99 Å². The van der Waals surface area contributed by atoms with Crippen molar-refractivity contribution in [2.45, 2.75) is 0 Å². The minimum atomic E-state index is -0.0220. The summed E-state index contributed by atoms with van der Waals surface area (Å²) in [5, 5.41) is 0.860. The van der Waals surface area contributed by atoms with Crippen molar-refractivity contribution < 1.29 is 4.79 Å². The van der Waals surface area contributed by atoms with Crippen molar-refractivity contribution >= 4 is 56.6 Å². The predicted octanol–water partition coefficient (Wildman–Crippen LogP) is 3.47. The molecular formula is C14H13BrN2OS2. The van der Waals surface area contributed by atoms with E-state index in [0.29, 0.717) is 5.75 Å². The van der Waals surface area contributed by atoms with Crippen LogP contribution in [0.5, 0.6) is 0 Å². The molecule has 0 saturated carbocycles. The molecule has 0 N–H and O–H groups in total. The molecule has 0 radical (unpaired) electrons. The molecule has 0 aromatic heterocycles. The van der Waals surface area contributed by atoms with Gasteiger partial charge >= 0.3 is 0 Å². The molecule has 2 aliphatic rings. The molecule has 0 bridgehead atoms. The summed E-state index contributed by atoms with van der Waals surface area (Å²) in [5.74, 6) is 2.49. The molecule has 0 spiro atoms. The van der Waals surface area contributed by atoms with E-state index in [1.54, 1.807) is 11.8 Å². The second kappa shape index (κ2) is 6.37. The summed E-state index contributed by atoms with van der Waals surface area (Å²) in [6.45, 7) is 0.923. The fourth-order valence-electron chi connectivity index (χ4n) is 2.08. The zero-order valence-corrected chi connectivity index (χ0v) is 13.9. The number of halogens is 1. The van der Waals surface area contributed by atoms with E-state index in [-0.39, 0.29) is 5.91 Å². The highest BCUT2D eigenvalue weighted by atomic mass is 79.9. The monoisotopic (exact) mass is 368 g/mol. The molecule has 0 aliphatic carbocycles. The molecule has 2 aliphatic heterocycles. The second-order valence-corrected chi connectivity index (χ2v) is 7.43. The maximum absolute atomic E-state index is 11.3. The topological polar surface area (TPSA) is 32.7 Å². The van der Waals surface area contributed by atoms with Crippen LogP contribution in [0.15, 0.2) is 39.4 Å². The Morgan fingerprint density at radius 1 is 1.25 bits per heavy atom. The maximum atomic E-state index is 11.3. The maximum Gasteiger partial charge on any atom is 0.258 e. The molecule has 104 valence electrons. The Labute approximate surface area is 135 Å². The Morgan fingerprint density at radius 2 is 2.05 bits per heavy atom. The van der Waals surface area contributed by atoms with Gasteiger partial charge in [-0.2, -0.15) is 16.8 Å². The normalized spacial score (nSPS) is 21.4. The molecule has 3 nitrogen and oxygen atoms in total. The van der Waals surface area contributed by atoms with E-state index >= 15 is 0 Å². The molecular weight excluding hydrogens is 356 g/mol. The number of aliphatic imine (C=N–C) groups is 1. The van der Waals surface area contributed by atoms with Crippen LogP contribution in [0.3, 0.4) is 0 Å². The van der Waals surface area contributed by atoms with E-state index in [1.807, 2.05) is 23.9 Å². The number of nitrogens with zero attached hydrogens (tertiary/aromatic N) is 2. The molecule has 20 heavy (non-hydrogen) atoms. The van der Waals surface area contributed by atoms with Crippen LogP contribution in [0.2, 0.25) is 0 Å². The Kier molecular flexibility index (Phi) is 4.53. The molecule has 1 saturated heterocycles. The summed E-state index contributed by atoms with van der Waals surface area (Å²) < 4.78 is 1.08. The first kappa shape index (κ1) is 14.2. The summed E-state index contributed by atoms with van der Waals surface area (Å²) in [6, 6.07) is 8.25.